The highest BCUT2D eigenvalue weighted by Crippen LogP contribution is 2.32. The zero-order valence-electron chi connectivity index (χ0n) is 23.9. The maximum absolute atomic E-state index is 14.0. The quantitative estimate of drug-likeness (QED) is 0.302. The number of carbonyl (C=O) groups excluding carboxylic acids is 2. The van der Waals surface area contributed by atoms with Gasteiger partial charge in [0, 0.05) is 24.2 Å². The Hall–Kier alpha value is -3.76. The summed E-state index contributed by atoms with van der Waals surface area (Å²) < 4.78 is 39.6. The lowest BCUT2D eigenvalue weighted by Gasteiger charge is -2.32. The molecule has 3 aromatic carbocycles. The largest absolute Gasteiger partial charge is 0.493 e. The first-order valence-electron chi connectivity index (χ1n) is 13.1. The van der Waals surface area contributed by atoms with E-state index in [0.717, 1.165) is 21.9 Å². The third-order valence-corrected chi connectivity index (χ3v) is 8.51. The van der Waals surface area contributed by atoms with Crippen molar-refractivity contribution < 1.29 is 27.5 Å². The molecule has 220 valence electrons. The highest BCUT2D eigenvalue weighted by Gasteiger charge is 2.33. The highest BCUT2D eigenvalue weighted by molar-refractivity contribution is 7.92. The summed E-state index contributed by atoms with van der Waals surface area (Å²) >= 11 is 6.08. The Morgan fingerprint density at radius 3 is 2.27 bits per heavy atom. The van der Waals surface area contributed by atoms with E-state index in [9.17, 15) is 18.0 Å². The van der Waals surface area contributed by atoms with Crippen molar-refractivity contribution in [3.8, 4) is 11.5 Å². The number of ether oxygens (including phenoxy) is 2. The standard InChI is InChI=1S/C30H36ClN3O6S/c1-6-16-32-30(36)22(3)33(19-23-9-7-8-21(2)17-23)29(35)20-34(25-12-10-24(31)11-13-25)41(37,38)26-14-15-27(39-4)28(18-26)40-5/h7-15,17-18,22H,6,16,19-20H2,1-5H3,(H,32,36)/t22-/m1/s1. The molecule has 0 saturated carbocycles. The van der Waals surface area contributed by atoms with Gasteiger partial charge in [0.1, 0.15) is 12.6 Å². The highest BCUT2D eigenvalue weighted by atomic mass is 35.5. The Morgan fingerprint density at radius 2 is 1.66 bits per heavy atom. The van der Waals surface area contributed by atoms with Crippen molar-refractivity contribution in [2.45, 2.75) is 44.7 Å². The van der Waals surface area contributed by atoms with Gasteiger partial charge in [-0.05, 0) is 62.2 Å². The minimum atomic E-state index is -4.29. The molecule has 0 saturated heterocycles. The van der Waals surface area contributed by atoms with Crippen LogP contribution in [0.4, 0.5) is 5.69 Å². The van der Waals surface area contributed by atoms with Crippen molar-refractivity contribution >= 4 is 39.1 Å². The summed E-state index contributed by atoms with van der Waals surface area (Å²) in [6.45, 7) is 5.52. The van der Waals surface area contributed by atoms with Crippen LogP contribution in [0.15, 0.2) is 71.6 Å². The van der Waals surface area contributed by atoms with Gasteiger partial charge in [0.05, 0.1) is 24.8 Å². The Kier molecular flexibility index (Phi) is 11.0. The van der Waals surface area contributed by atoms with Gasteiger partial charge in [-0.1, -0.05) is 48.4 Å². The molecule has 0 unspecified atom stereocenters. The van der Waals surface area contributed by atoms with E-state index in [4.69, 9.17) is 21.1 Å². The molecule has 3 rings (SSSR count). The Morgan fingerprint density at radius 1 is 0.976 bits per heavy atom. The van der Waals surface area contributed by atoms with E-state index in [1.807, 2.05) is 38.1 Å². The molecule has 1 atom stereocenters. The van der Waals surface area contributed by atoms with Gasteiger partial charge in [0.15, 0.2) is 11.5 Å². The number of anilines is 1. The number of rotatable bonds is 13. The van der Waals surface area contributed by atoms with Crippen molar-refractivity contribution in [1.29, 1.82) is 0 Å². The number of amides is 2. The van der Waals surface area contributed by atoms with Gasteiger partial charge in [0.2, 0.25) is 11.8 Å². The predicted octanol–water partition coefficient (Wildman–Crippen LogP) is 4.80. The SMILES string of the molecule is CCCNC(=O)[C@@H](C)N(Cc1cccc(C)c1)C(=O)CN(c1ccc(Cl)cc1)S(=O)(=O)c1ccc(OC)c(OC)c1. The smallest absolute Gasteiger partial charge is 0.264 e. The molecule has 9 nitrogen and oxygen atoms in total. The minimum absolute atomic E-state index is 0.100. The van der Waals surface area contributed by atoms with E-state index in [2.05, 4.69) is 5.32 Å². The van der Waals surface area contributed by atoms with Gasteiger partial charge in [-0.2, -0.15) is 0 Å². The van der Waals surface area contributed by atoms with Crippen LogP contribution in [0.3, 0.4) is 0 Å². The molecule has 0 bridgehead atoms. The average molecular weight is 602 g/mol. The zero-order chi connectivity index (χ0) is 30.2. The van der Waals surface area contributed by atoms with Crippen LogP contribution in [0, 0.1) is 6.92 Å². The summed E-state index contributed by atoms with van der Waals surface area (Å²) in [6, 6.07) is 17.1. The van der Waals surface area contributed by atoms with E-state index in [-0.39, 0.29) is 28.8 Å². The van der Waals surface area contributed by atoms with E-state index < -0.39 is 28.5 Å². The second kappa shape index (κ2) is 14.2. The maximum Gasteiger partial charge on any atom is 0.264 e. The molecule has 0 aromatic heterocycles. The van der Waals surface area contributed by atoms with Gasteiger partial charge in [-0.3, -0.25) is 13.9 Å². The molecule has 3 aromatic rings. The molecule has 0 aliphatic heterocycles. The van der Waals surface area contributed by atoms with Gasteiger partial charge >= 0.3 is 0 Å². The number of nitrogens with one attached hydrogen (secondary N) is 1. The van der Waals surface area contributed by atoms with Crippen LogP contribution in [-0.2, 0) is 26.2 Å². The van der Waals surface area contributed by atoms with E-state index >= 15 is 0 Å². The average Bonchev–Trinajstić information content (AvgIpc) is 2.97. The van der Waals surface area contributed by atoms with Crippen LogP contribution in [0.2, 0.25) is 5.02 Å². The summed E-state index contributed by atoms with van der Waals surface area (Å²) in [5.74, 6) is -0.298. The summed E-state index contributed by atoms with van der Waals surface area (Å²) in [7, 11) is -1.43. The fourth-order valence-electron chi connectivity index (χ4n) is 4.23. The van der Waals surface area contributed by atoms with Crippen LogP contribution in [0.1, 0.15) is 31.4 Å². The first-order chi connectivity index (χ1) is 19.5. The molecular weight excluding hydrogens is 566 g/mol. The molecule has 0 aliphatic rings. The molecule has 0 spiro atoms. The first kappa shape index (κ1) is 31.8. The number of benzene rings is 3. The molecule has 0 heterocycles. The number of halogens is 1. The number of methoxy groups -OCH3 is 2. The van der Waals surface area contributed by atoms with Gasteiger partial charge in [-0.25, -0.2) is 8.42 Å². The Bertz CT molecular complexity index is 1460. The molecule has 0 aliphatic carbocycles. The van der Waals surface area contributed by atoms with Crippen molar-refractivity contribution in [1.82, 2.24) is 10.2 Å². The fourth-order valence-corrected chi connectivity index (χ4v) is 5.78. The lowest BCUT2D eigenvalue weighted by atomic mass is 10.1. The third-order valence-electron chi connectivity index (χ3n) is 6.49. The van der Waals surface area contributed by atoms with Crippen molar-refractivity contribution in [2.24, 2.45) is 0 Å². The van der Waals surface area contributed by atoms with E-state index in [0.29, 0.717) is 17.3 Å². The third kappa shape index (κ3) is 7.92. The second-order valence-electron chi connectivity index (χ2n) is 9.48. The number of nitrogens with zero attached hydrogens (tertiary/aromatic N) is 2. The molecule has 2 amide bonds. The molecule has 11 heteroatoms. The summed E-state index contributed by atoms with van der Waals surface area (Å²) in [4.78, 5) is 28.2. The number of hydrogen-bond acceptors (Lipinski definition) is 6. The number of carbonyl (C=O) groups is 2. The van der Waals surface area contributed by atoms with Crippen LogP contribution in [-0.4, -0.2) is 58.5 Å². The molecule has 41 heavy (non-hydrogen) atoms. The maximum atomic E-state index is 14.0. The summed E-state index contributed by atoms with van der Waals surface area (Å²) in [5.41, 5.74) is 2.04. The number of hydrogen-bond donors (Lipinski definition) is 1. The number of sulfonamides is 1. The van der Waals surface area contributed by atoms with Crippen LogP contribution < -0.4 is 19.1 Å². The Balaban J connectivity index is 2.06. The van der Waals surface area contributed by atoms with Crippen LogP contribution >= 0.6 is 11.6 Å². The zero-order valence-corrected chi connectivity index (χ0v) is 25.5. The topological polar surface area (TPSA) is 105 Å². The van der Waals surface area contributed by atoms with Crippen molar-refractivity contribution in [3.63, 3.8) is 0 Å². The predicted molar refractivity (Wildman–Crippen MR) is 160 cm³/mol. The fraction of sp³-hybridized carbons (Fsp3) is 0.333. The normalized spacial score (nSPS) is 11.9. The first-order valence-corrected chi connectivity index (χ1v) is 15.0. The summed E-state index contributed by atoms with van der Waals surface area (Å²) in [5, 5.41) is 3.24. The molecular formula is C30H36ClN3O6S. The lowest BCUT2D eigenvalue weighted by molar-refractivity contribution is -0.139. The van der Waals surface area contributed by atoms with Gasteiger partial charge < -0.3 is 19.7 Å². The summed E-state index contributed by atoms with van der Waals surface area (Å²) in [6.07, 6.45) is 0.734. The van der Waals surface area contributed by atoms with Gasteiger partial charge in [0.25, 0.3) is 10.0 Å². The van der Waals surface area contributed by atoms with Crippen molar-refractivity contribution in [2.75, 3.05) is 31.6 Å². The molecule has 0 fully saturated rings. The molecule has 1 N–H and O–H groups in total. The van der Waals surface area contributed by atoms with Gasteiger partial charge in [-0.15, -0.1) is 0 Å². The minimum Gasteiger partial charge on any atom is -0.493 e. The number of aryl methyl sites for hydroxylation is 1. The Labute approximate surface area is 247 Å². The molecule has 0 radical (unpaired) electrons. The second-order valence-corrected chi connectivity index (χ2v) is 11.8. The van der Waals surface area contributed by atoms with Crippen molar-refractivity contribution in [3.05, 3.63) is 82.9 Å². The van der Waals surface area contributed by atoms with E-state index in [1.165, 1.54) is 49.5 Å². The monoisotopic (exact) mass is 601 g/mol. The van der Waals surface area contributed by atoms with Crippen LogP contribution in [0.5, 0.6) is 11.5 Å². The van der Waals surface area contributed by atoms with Crippen LogP contribution in [0.25, 0.3) is 0 Å². The van der Waals surface area contributed by atoms with E-state index in [1.54, 1.807) is 19.1 Å². The lowest BCUT2D eigenvalue weighted by Crippen LogP contribution is -2.51.